The van der Waals surface area contributed by atoms with E-state index in [-0.39, 0.29) is 0 Å². The van der Waals surface area contributed by atoms with Crippen LogP contribution >= 0.6 is 11.3 Å². The number of thiophene rings is 1. The summed E-state index contributed by atoms with van der Waals surface area (Å²) < 4.78 is 0. The highest BCUT2D eigenvalue weighted by Gasteiger charge is 2.09. The molecule has 104 valence electrons. The second kappa shape index (κ2) is 9.54. The second-order valence-corrected chi connectivity index (χ2v) is 6.16. The molecular formula is C15H28N2S. The molecule has 0 aromatic carbocycles. The molecule has 18 heavy (non-hydrogen) atoms. The lowest BCUT2D eigenvalue weighted by atomic mass is 10.1. The molecule has 0 saturated heterocycles. The zero-order chi connectivity index (χ0) is 13.2. The molecule has 3 heteroatoms. The Labute approximate surface area is 116 Å². The van der Waals surface area contributed by atoms with Crippen molar-refractivity contribution < 1.29 is 0 Å². The second-order valence-electron chi connectivity index (χ2n) is 5.13. The average molecular weight is 268 g/mol. The Bertz CT molecular complexity index is 285. The van der Waals surface area contributed by atoms with E-state index in [4.69, 9.17) is 0 Å². The molecule has 0 amide bonds. The monoisotopic (exact) mass is 268 g/mol. The number of hydrogen-bond acceptors (Lipinski definition) is 3. The maximum Gasteiger partial charge on any atom is 0.0112 e. The van der Waals surface area contributed by atoms with Gasteiger partial charge in [-0.2, -0.15) is 0 Å². The fourth-order valence-corrected chi connectivity index (χ4v) is 2.94. The van der Waals surface area contributed by atoms with Gasteiger partial charge in [-0.05, 0) is 64.8 Å². The lowest BCUT2D eigenvalue weighted by molar-refractivity contribution is 0.251. The molecule has 0 spiro atoms. The summed E-state index contributed by atoms with van der Waals surface area (Å²) in [6, 6.07) is 5.04. The van der Waals surface area contributed by atoms with Gasteiger partial charge in [0.05, 0.1) is 0 Å². The largest absolute Gasteiger partial charge is 0.320 e. The molecule has 0 aliphatic carbocycles. The van der Waals surface area contributed by atoms with Crippen molar-refractivity contribution in [3.05, 3.63) is 22.4 Å². The Kier molecular flexibility index (Phi) is 8.31. The zero-order valence-corrected chi connectivity index (χ0v) is 12.9. The van der Waals surface area contributed by atoms with Crippen molar-refractivity contribution in [1.82, 2.24) is 10.2 Å². The summed E-state index contributed by atoms with van der Waals surface area (Å²) in [6.45, 7) is 4.72. The van der Waals surface area contributed by atoms with Crippen LogP contribution in [0.5, 0.6) is 0 Å². The van der Waals surface area contributed by atoms with Crippen LogP contribution in [0.15, 0.2) is 17.5 Å². The van der Waals surface area contributed by atoms with E-state index in [1.165, 1.54) is 43.5 Å². The first-order chi connectivity index (χ1) is 8.74. The highest BCUT2D eigenvalue weighted by molar-refractivity contribution is 7.09. The SMILES string of the molecule is CNCCCCCCN(C)C(C)Cc1cccs1. The minimum absolute atomic E-state index is 0.654. The number of unbranched alkanes of at least 4 members (excludes halogenated alkanes) is 3. The van der Waals surface area contributed by atoms with E-state index in [2.05, 4.69) is 41.7 Å². The number of likely N-dealkylation sites (N-methyl/N-ethyl adjacent to an activating group) is 1. The van der Waals surface area contributed by atoms with Crippen LogP contribution in [0, 0.1) is 0 Å². The quantitative estimate of drug-likeness (QED) is 0.654. The smallest absolute Gasteiger partial charge is 0.0112 e. The average Bonchev–Trinajstić information content (AvgIpc) is 2.86. The Morgan fingerprint density at radius 2 is 2.06 bits per heavy atom. The molecular weight excluding hydrogens is 240 g/mol. The van der Waals surface area contributed by atoms with Crippen molar-refractivity contribution in [2.24, 2.45) is 0 Å². The summed E-state index contributed by atoms with van der Waals surface area (Å²) >= 11 is 1.87. The van der Waals surface area contributed by atoms with Crippen molar-refractivity contribution in [2.75, 3.05) is 27.2 Å². The fourth-order valence-electron chi connectivity index (χ4n) is 2.11. The van der Waals surface area contributed by atoms with Crippen molar-refractivity contribution in [1.29, 1.82) is 0 Å². The lowest BCUT2D eigenvalue weighted by Crippen LogP contribution is -2.31. The van der Waals surface area contributed by atoms with E-state index in [1.54, 1.807) is 0 Å². The van der Waals surface area contributed by atoms with Crippen LogP contribution in [0.4, 0.5) is 0 Å². The van der Waals surface area contributed by atoms with Crippen molar-refractivity contribution in [3.8, 4) is 0 Å². The summed E-state index contributed by atoms with van der Waals surface area (Å²) in [5, 5.41) is 5.37. The molecule has 0 aliphatic heterocycles. The van der Waals surface area contributed by atoms with Gasteiger partial charge >= 0.3 is 0 Å². The molecule has 1 rings (SSSR count). The van der Waals surface area contributed by atoms with Gasteiger partial charge < -0.3 is 10.2 Å². The zero-order valence-electron chi connectivity index (χ0n) is 12.1. The third kappa shape index (κ3) is 6.53. The molecule has 0 aliphatic rings. The minimum atomic E-state index is 0.654. The molecule has 2 nitrogen and oxygen atoms in total. The fraction of sp³-hybridized carbons (Fsp3) is 0.733. The van der Waals surface area contributed by atoms with Crippen molar-refractivity contribution >= 4 is 11.3 Å². The normalized spacial score (nSPS) is 13.1. The molecule has 1 aromatic heterocycles. The van der Waals surface area contributed by atoms with E-state index in [0.717, 1.165) is 6.54 Å². The van der Waals surface area contributed by atoms with Gasteiger partial charge in [0.25, 0.3) is 0 Å². The minimum Gasteiger partial charge on any atom is -0.320 e. The van der Waals surface area contributed by atoms with Gasteiger partial charge in [-0.25, -0.2) is 0 Å². The number of nitrogens with one attached hydrogen (secondary N) is 1. The van der Waals surface area contributed by atoms with Crippen molar-refractivity contribution in [2.45, 2.75) is 45.1 Å². The highest BCUT2D eigenvalue weighted by Crippen LogP contribution is 2.14. The number of hydrogen-bond donors (Lipinski definition) is 1. The van der Waals surface area contributed by atoms with Gasteiger partial charge in [0.2, 0.25) is 0 Å². The topological polar surface area (TPSA) is 15.3 Å². The first-order valence-electron chi connectivity index (χ1n) is 7.11. The molecule has 1 heterocycles. The Balaban J connectivity index is 2.06. The third-order valence-electron chi connectivity index (χ3n) is 3.52. The highest BCUT2D eigenvalue weighted by atomic mass is 32.1. The summed E-state index contributed by atoms with van der Waals surface area (Å²) in [4.78, 5) is 4.00. The van der Waals surface area contributed by atoms with Gasteiger partial charge in [0, 0.05) is 10.9 Å². The van der Waals surface area contributed by atoms with Gasteiger partial charge in [-0.3, -0.25) is 0 Å². The maximum absolute atomic E-state index is 3.20. The molecule has 0 saturated carbocycles. The first-order valence-corrected chi connectivity index (χ1v) is 7.99. The third-order valence-corrected chi connectivity index (χ3v) is 4.42. The maximum atomic E-state index is 3.20. The van der Waals surface area contributed by atoms with E-state index in [1.807, 2.05) is 18.4 Å². The van der Waals surface area contributed by atoms with Crippen LogP contribution in [0.3, 0.4) is 0 Å². The van der Waals surface area contributed by atoms with E-state index >= 15 is 0 Å². The van der Waals surface area contributed by atoms with Gasteiger partial charge in [0.1, 0.15) is 0 Å². The van der Waals surface area contributed by atoms with Crippen LogP contribution in [-0.4, -0.2) is 38.1 Å². The molecule has 0 radical (unpaired) electrons. The van der Waals surface area contributed by atoms with Crippen molar-refractivity contribution in [3.63, 3.8) is 0 Å². The van der Waals surface area contributed by atoms with Gasteiger partial charge in [-0.15, -0.1) is 11.3 Å². The molecule has 1 N–H and O–H groups in total. The van der Waals surface area contributed by atoms with Gasteiger partial charge in [0.15, 0.2) is 0 Å². The van der Waals surface area contributed by atoms with Crippen LogP contribution in [0.1, 0.15) is 37.5 Å². The van der Waals surface area contributed by atoms with E-state index < -0.39 is 0 Å². The Morgan fingerprint density at radius 3 is 2.72 bits per heavy atom. The Morgan fingerprint density at radius 1 is 1.28 bits per heavy atom. The Hall–Kier alpha value is -0.380. The van der Waals surface area contributed by atoms with Crippen LogP contribution < -0.4 is 5.32 Å². The van der Waals surface area contributed by atoms with Gasteiger partial charge in [-0.1, -0.05) is 18.9 Å². The van der Waals surface area contributed by atoms with E-state index in [0.29, 0.717) is 6.04 Å². The summed E-state index contributed by atoms with van der Waals surface area (Å²) in [5.41, 5.74) is 0. The van der Waals surface area contributed by atoms with Crippen LogP contribution in [0.2, 0.25) is 0 Å². The first kappa shape index (κ1) is 15.7. The number of nitrogens with zero attached hydrogens (tertiary/aromatic N) is 1. The predicted octanol–water partition coefficient (Wildman–Crippen LogP) is 3.39. The van der Waals surface area contributed by atoms with Crippen LogP contribution in [-0.2, 0) is 6.42 Å². The lowest BCUT2D eigenvalue weighted by Gasteiger charge is -2.24. The summed E-state index contributed by atoms with van der Waals surface area (Å²) in [6.07, 6.45) is 6.54. The van der Waals surface area contributed by atoms with E-state index in [9.17, 15) is 0 Å². The molecule has 1 atom stereocenters. The number of rotatable bonds is 10. The molecule has 0 bridgehead atoms. The molecule has 0 fully saturated rings. The predicted molar refractivity (Wildman–Crippen MR) is 82.5 cm³/mol. The van der Waals surface area contributed by atoms with Crippen LogP contribution in [0.25, 0.3) is 0 Å². The standard InChI is InChI=1S/C15H28N2S/c1-14(13-15-9-8-12-18-15)17(3)11-7-5-4-6-10-16-2/h8-9,12,14,16H,4-7,10-11,13H2,1-3H3. The molecule has 1 aromatic rings. The summed E-state index contributed by atoms with van der Waals surface area (Å²) in [5.74, 6) is 0. The molecule has 1 unspecified atom stereocenters. The summed E-state index contributed by atoms with van der Waals surface area (Å²) in [7, 11) is 4.28.